The van der Waals surface area contributed by atoms with Gasteiger partial charge in [-0.2, -0.15) is 0 Å². The van der Waals surface area contributed by atoms with Gasteiger partial charge in [0.05, 0.1) is 6.10 Å². The average Bonchev–Trinajstić information content (AvgIpc) is 2.65. The van der Waals surface area contributed by atoms with Crippen molar-refractivity contribution in [1.29, 1.82) is 0 Å². The van der Waals surface area contributed by atoms with Crippen LogP contribution in [0.5, 0.6) is 0 Å². The molecule has 1 fully saturated rings. The molecule has 138 valence electrons. The second-order valence-electron chi connectivity index (χ2n) is 7.16. The Labute approximate surface area is 149 Å². The molecule has 2 N–H and O–H groups in total. The summed E-state index contributed by atoms with van der Waals surface area (Å²) in [5, 5.41) is 9.10. The van der Waals surface area contributed by atoms with E-state index in [1.807, 2.05) is 38.1 Å². The van der Waals surface area contributed by atoms with E-state index in [0.717, 1.165) is 36.8 Å². The van der Waals surface area contributed by atoms with Crippen molar-refractivity contribution in [2.45, 2.75) is 58.0 Å². The summed E-state index contributed by atoms with van der Waals surface area (Å²) >= 11 is 0. The number of ketones is 1. The summed E-state index contributed by atoms with van der Waals surface area (Å²) in [6.07, 6.45) is 3.84. The Kier molecular flexibility index (Phi) is 7.14. The predicted molar refractivity (Wildman–Crippen MR) is 95.4 cm³/mol. The molecule has 1 saturated carbocycles. The van der Waals surface area contributed by atoms with Crippen molar-refractivity contribution < 1.29 is 19.5 Å². The van der Waals surface area contributed by atoms with E-state index >= 15 is 0 Å². The second-order valence-corrected chi connectivity index (χ2v) is 7.16. The fourth-order valence-electron chi connectivity index (χ4n) is 3.72. The molecule has 25 heavy (non-hydrogen) atoms. The minimum absolute atomic E-state index is 0.0336. The van der Waals surface area contributed by atoms with Crippen LogP contribution in [-0.4, -0.2) is 30.1 Å². The maximum Gasteiger partial charge on any atom is 0.247 e. The highest BCUT2D eigenvalue weighted by Gasteiger charge is 2.34. The summed E-state index contributed by atoms with van der Waals surface area (Å²) in [6.45, 7) is 3.89. The van der Waals surface area contributed by atoms with Gasteiger partial charge in [0.25, 0.3) is 0 Å². The number of carbonyl (C=O) groups excluding carboxylic acids is 2. The third kappa shape index (κ3) is 5.13. The van der Waals surface area contributed by atoms with Gasteiger partial charge >= 0.3 is 0 Å². The van der Waals surface area contributed by atoms with Crippen LogP contribution in [0.1, 0.15) is 56.1 Å². The molecule has 0 aromatic heterocycles. The lowest BCUT2D eigenvalue weighted by molar-refractivity contribution is -0.139. The van der Waals surface area contributed by atoms with Crippen LogP contribution in [0, 0.1) is 18.8 Å². The molecule has 0 saturated heterocycles. The summed E-state index contributed by atoms with van der Waals surface area (Å²) in [4.78, 5) is 24.9. The van der Waals surface area contributed by atoms with Crippen molar-refractivity contribution in [1.82, 2.24) is 5.48 Å². The zero-order valence-corrected chi connectivity index (χ0v) is 15.3. The minimum Gasteiger partial charge on any atom is -0.381 e. The normalized spacial score (nSPS) is 22.9. The van der Waals surface area contributed by atoms with E-state index in [-0.39, 0.29) is 30.1 Å². The summed E-state index contributed by atoms with van der Waals surface area (Å²) in [6, 6.07) is 7.90. The van der Waals surface area contributed by atoms with Crippen molar-refractivity contribution in [3.05, 3.63) is 35.4 Å². The monoisotopic (exact) mass is 347 g/mol. The van der Waals surface area contributed by atoms with Gasteiger partial charge in [-0.3, -0.25) is 14.8 Å². The molecule has 2 unspecified atom stereocenters. The van der Waals surface area contributed by atoms with Crippen LogP contribution in [0.25, 0.3) is 0 Å². The molecule has 5 heteroatoms. The molecule has 0 spiro atoms. The number of ether oxygens (including phenoxy) is 1. The highest BCUT2D eigenvalue weighted by atomic mass is 16.5. The van der Waals surface area contributed by atoms with Crippen LogP contribution in [0.2, 0.25) is 0 Å². The number of aryl methyl sites for hydroxylation is 1. The number of Topliss-reactive ketones (excluding diaryl/α,β-unsaturated/α-hetero) is 1. The van der Waals surface area contributed by atoms with Gasteiger partial charge < -0.3 is 4.74 Å². The molecular weight excluding hydrogens is 318 g/mol. The topological polar surface area (TPSA) is 75.6 Å². The molecule has 0 aliphatic heterocycles. The van der Waals surface area contributed by atoms with Crippen LogP contribution in [0.3, 0.4) is 0 Å². The average molecular weight is 347 g/mol. The van der Waals surface area contributed by atoms with Crippen LogP contribution < -0.4 is 5.48 Å². The van der Waals surface area contributed by atoms with Gasteiger partial charge in [-0.05, 0) is 44.1 Å². The van der Waals surface area contributed by atoms with Crippen LogP contribution in [-0.2, 0) is 14.3 Å². The van der Waals surface area contributed by atoms with E-state index in [9.17, 15) is 9.59 Å². The van der Waals surface area contributed by atoms with E-state index < -0.39 is 11.8 Å². The fourth-order valence-corrected chi connectivity index (χ4v) is 3.72. The Hall–Kier alpha value is -1.72. The highest BCUT2D eigenvalue weighted by molar-refractivity contribution is 5.90. The number of hydrogen-bond donors (Lipinski definition) is 2. The molecule has 1 aromatic carbocycles. The summed E-state index contributed by atoms with van der Waals surface area (Å²) in [5.74, 6) is -1.06. The maximum absolute atomic E-state index is 12.7. The van der Waals surface area contributed by atoms with Crippen molar-refractivity contribution >= 4 is 11.7 Å². The van der Waals surface area contributed by atoms with Crippen LogP contribution in [0.4, 0.5) is 0 Å². The zero-order chi connectivity index (χ0) is 18.4. The number of benzene rings is 1. The Morgan fingerprint density at radius 2 is 1.80 bits per heavy atom. The predicted octanol–water partition coefficient (Wildman–Crippen LogP) is 3.38. The first-order valence-electron chi connectivity index (χ1n) is 9.02. The lowest BCUT2D eigenvalue weighted by atomic mass is 9.75. The van der Waals surface area contributed by atoms with Crippen molar-refractivity contribution in [3.8, 4) is 0 Å². The summed E-state index contributed by atoms with van der Waals surface area (Å²) in [5.41, 5.74) is 3.87. The zero-order valence-electron chi connectivity index (χ0n) is 15.3. The molecule has 1 amide bonds. The number of amides is 1. The second kappa shape index (κ2) is 9.11. The molecule has 2 atom stereocenters. The van der Waals surface area contributed by atoms with Gasteiger partial charge in [0.2, 0.25) is 5.91 Å². The summed E-state index contributed by atoms with van der Waals surface area (Å²) in [7, 11) is 1.70. The van der Waals surface area contributed by atoms with Crippen molar-refractivity contribution in [2.24, 2.45) is 11.8 Å². The Bertz CT molecular complexity index is 576. The van der Waals surface area contributed by atoms with Gasteiger partial charge in [-0.15, -0.1) is 0 Å². The number of carbonyl (C=O) groups is 2. The Morgan fingerprint density at radius 1 is 1.20 bits per heavy atom. The SMILES string of the molecule is COC1CCC(C(CC(=O)C(C)c2ccc(C)cc2)C(=O)NO)CC1. The largest absolute Gasteiger partial charge is 0.381 e. The molecule has 0 heterocycles. The third-order valence-corrected chi connectivity index (χ3v) is 5.55. The van der Waals surface area contributed by atoms with Gasteiger partial charge in [-0.25, -0.2) is 5.48 Å². The van der Waals surface area contributed by atoms with Gasteiger partial charge in [0.15, 0.2) is 0 Å². The number of nitrogens with one attached hydrogen (secondary N) is 1. The van der Waals surface area contributed by atoms with Crippen molar-refractivity contribution in [3.63, 3.8) is 0 Å². The van der Waals surface area contributed by atoms with E-state index in [0.29, 0.717) is 0 Å². The molecule has 2 rings (SSSR count). The first-order chi connectivity index (χ1) is 12.0. The molecule has 0 radical (unpaired) electrons. The molecule has 1 aliphatic rings. The van der Waals surface area contributed by atoms with Gasteiger partial charge in [0, 0.05) is 25.4 Å². The van der Waals surface area contributed by atoms with E-state index in [1.54, 1.807) is 12.6 Å². The van der Waals surface area contributed by atoms with E-state index in [4.69, 9.17) is 9.94 Å². The van der Waals surface area contributed by atoms with Gasteiger partial charge in [-0.1, -0.05) is 36.8 Å². The number of hydrogen-bond acceptors (Lipinski definition) is 4. The van der Waals surface area contributed by atoms with E-state index in [1.165, 1.54) is 0 Å². The first kappa shape index (κ1) is 19.6. The van der Waals surface area contributed by atoms with E-state index in [2.05, 4.69) is 0 Å². The van der Waals surface area contributed by atoms with Crippen LogP contribution >= 0.6 is 0 Å². The maximum atomic E-state index is 12.7. The molecular formula is C20H29NO4. The molecule has 0 bridgehead atoms. The minimum atomic E-state index is -0.483. The molecule has 1 aromatic rings. The lowest BCUT2D eigenvalue weighted by Gasteiger charge is -2.32. The number of hydroxylamine groups is 1. The molecule has 5 nitrogen and oxygen atoms in total. The number of rotatable bonds is 7. The smallest absolute Gasteiger partial charge is 0.247 e. The molecule has 1 aliphatic carbocycles. The highest BCUT2D eigenvalue weighted by Crippen LogP contribution is 2.34. The fraction of sp³-hybridized carbons (Fsp3) is 0.600. The number of methoxy groups -OCH3 is 1. The standard InChI is InChI=1S/C20H29NO4/c1-13-4-6-15(7-5-13)14(2)19(22)12-18(20(23)21-24)16-8-10-17(25-3)11-9-16/h4-7,14,16-18,24H,8-12H2,1-3H3,(H,21,23). The van der Waals surface area contributed by atoms with Crippen molar-refractivity contribution in [2.75, 3.05) is 7.11 Å². The Balaban J connectivity index is 2.04. The van der Waals surface area contributed by atoms with Gasteiger partial charge in [0.1, 0.15) is 5.78 Å². The lowest BCUT2D eigenvalue weighted by Crippen LogP contribution is -2.37. The quantitative estimate of drug-likeness (QED) is 0.586. The summed E-state index contributed by atoms with van der Waals surface area (Å²) < 4.78 is 5.38. The third-order valence-electron chi connectivity index (χ3n) is 5.55. The first-order valence-corrected chi connectivity index (χ1v) is 9.02. The van der Waals surface area contributed by atoms with Crippen LogP contribution in [0.15, 0.2) is 24.3 Å². The Morgan fingerprint density at radius 3 is 2.32 bits per heavy atom.